The maximum absolute atomic E-state index is 10.7. The highest BCUT2D eigenvalue weighted by Gasteiger charge is 2.14. The molecule has 0 saturated heterocycles. The van der Waals surface area contributed by atoms with Crippen molar-refractivity contribution in [3.63, 3.8) is 0 Å². The third-order valence-corrected chi connectivity index (χ3v) is 2.14. The van der Waals surface area contributed by atoms with Crippen LogP contribution in [0.3, 0.4) is 0 Å². The Balaban J connectivity index is 2.91. The first kappa shape index (κ1) is 14.0. The van der Waals surface area contributed by atoms with Crippen LogP contribution in [-0.4, -0.2) is 45.3 Å². The van der Waals surface area contributed by atoms with Gasteiger partial charge in [-0.15, -0.1) is 0 Å². The monoisotopic (exact) mass is 255 g/mol. The average Bonchev–Trinajstić information content (AvgIpc) is 2.39. The van der Waals surface area contributed by atoms with Crippen molar-refractivity contribution < 1.29 is 20.2 Å². The van der Waals surface area contributed by atoms with Crippen LogP contribution in [0.25, 0.3) is 0 Å². The molecule has 0 heterocycles. The van der Waals surface area contributed by atoms with Gasteiger partial charge in [-0.05, 0) is 6.07 Å². The number of hydrogen-bond donors (Lipinski definition) is 4. The lowest BCUT2D eigenvalue weighted by Gasteiger charge is -2.09. The fourth-order valence-corrected chi connectivity index (χ4v) is 1.18. The van der Waals surface area contributed by atoms with Crippen molar-refractivity contribution in [1.29, 1.82) is 0 Å². The maximum atomic E-state index is 10.7. The fourth-order valence-electron chi connectivity index (χ4n) is 1.18. The second kappa shape index (κ2) is 6.64. The van der Waals surface area contributed by atoms with E-state index < -0.39 is 24.2 Å². The number of hydrogen-bond acceptors (Lipinski definition) is 7. The molecule has 0 saturated carbocycles. The number of benzene rings is 1. The van der Waals surface area contributed by atoms with Crippen LogP contribution in [0, 0.1) is 10.1 Å². The number of rotatable bonds is 6. The van der Waals surface area contributed by atoms with E-state index in [4.69, 9.17) is 10.2 Å². The van der Waals surface area contributed by atoms with Crippen LogP contribution < -0.4 is 5.43 Å². The molecule has 0 amide bonds. The molecule has 0 aliphatic carbocycles. The molecule has 0 bridgehead atoms. The molecule has 8 nitrogen and oxygen atoms in total. The van der Waals surface area contributed by atoms with Crippen molar-refractivity contribution in [1.82, 2.24) is 0 Å². The van der Waals surface area contributed by atoms with E-state index in [1.165, 1.54) is 18.2 Å². The molecule has 1 aromatic rings. The highest BCUT2D eigenvalue weighted by atomic mass is 16.6. The van der Waals surface area contributed by atoms with Crippen molar-refractivity contribution >= 4 is 17.1 Å². The van der Waals surface area contributed by atoms with Crippen LogP contribution in [0.2, 0.25) is 0 Å². The van der Waals surface area contributed by atoms with Gasteiger partial charge in [-0.3, -0.25) is 15.5 Å². The first-order chi connectivity index (χ1) is 8.60. The first-order valence-corrected chi connectivity index (χ1v) is 5.05. The number of nitro groups is 1. The van der Waals surface area contributed by atoms with Gasteiger partial charge in [0, 0.05) is 6.07 Å². The highest BCUT2D eigenvalue weighted by Crippen LogP contribution is 2.22. The maximum Gasteiger partial charge on any atom is 0.294 e. The highest BCUT2D eigenvalue weighted by molar-refractivity contribution is 5.90. The zero-order chi connectivity index (χ0) is 13.5. The number of nitrogens with one attached hydrogen (secondary N) is 1. The van der Waals surface area contributed by atoms with E-state index in [1.54, 1.807) is 6.07 Å². The fraction of sp³-hybridized carbons (Fsp3) is 0.300. The number of aliphatic hydroxyl groups is 3. The predicted molar refractivity (Wildman–Crippen MR) is 64.3 cm³/mol. The quantitative estimate of drug-likeness (QED) is 0.314. The Morgan fingerprint density at radius 2 is 2.11 bits per heavy atom. The lowest BCUT2D eigenvalue weighted by atomic mass is 10.2. The predicted octanol–water partition coefficient (Wildman–Crippen LogP) is -0.292. The molecule has 0 spiro atoms. The Hall–Kier alpha value is -2.03. The average molecular weight is 255 g/mol. The summed E-state index contributed by atoms with van der Waals surface area (Å²) in [7, 11) is 0. The van der Waals surface area contributed by atoms with Gasteiger partial charge >= 0.3 is 0 Å². The van der Waals surface area contributed by atoms with Crippen molar-refractivity contribution in [3.8, 4) is 0 Å². The Labute approximate surface area is 102 Å². The molecule has 1 unspecified atom stereocenters. The van der Waals surface area contributed by atoms with Gasteiger partial charge in [-0.1, -0.05) is 12.1 Å². The molecule has 0 aromatic heterocycles. The van der Waals surface area contributed by atoms with Gasteiger partial charge in [0.1, 0.15) is 11.8 Å². The smallest absolute Gasteiger partial charge is 0.294 e. The van der Waals surface area contributed by atoms with E-state index in [-0.39, 0.29) is 17.1 Å². The summed E-state index contributed by atoms with van der Waals surface area (Å²) in [6.45, 7) is -1.17. The second-order valence-corrected chi connectivity index (χ2v) is 3.35. The molecule has 8 heteroatoms. The van der Waals surface area contributed by atoms with Crippen LogP contribution in [0.1, 0.15) is 0 Å². The Morgan fingerprint density at radius 3 is 2.67 bits per heavy atom. The number of para-hydroxylation sites is 2. The zero-order valence-corrected chi connectivity index (χ0v) is 9.35. The lowest BCUT2D eigenvalue weighted by Crippen LogP contribution is -2.28. The molecular weight excluding hydrogens is 242 g/mol. The molecule has 0 aliphatic rings. The first-order valence-electron chi connectivity index (χ1n) is 5.05. The summed E-state index contributed by atoms with van der Waals surface area (Å²) in [5.41, 5.74) is 2.20. The Kier molecular flexibility index (Phi) is 5.18. The second-order valence-electron chi connectivity index (χ2n) is 3.35. The van der Waals surface area contributed by atoms with Gasteiger partial charge in [0.05, 0.1) is 23.8 Å². The van der Waals surface area contributed by atoms with Gasteiger partial charge < -0.3 is 15.3 Å². The van der Waals surface area contributed by atoms with Crippen LogP contribution in [0.15, 0.2) is 29.4 Å². The molecule has 98 valence electrons. The number of nitro benzene ring substituents is 1. The molecule has 0 radical (unpaired) electrons. The SMILES string of the molecule is O=[N+]([O-])c1ccccc1NN=C(CO)C(O)CO. The van der Waals surface area contributed by atoms with Crippen LogP contribution in [0.5, 0.6) is 0 Å². The van der Waals surface area contributed by atoms with Crippen LogP contribution in [0.4, 0.5) is 11.4 Å². The zero-order valence-electron chi connectivity index (χ0n) is 9.35. The van der Waals surface area contributed by atoms with E-state index in [0.717, 1.165) is 0 Å². The third kappa shape index (κ3) is 3.48. The number of anilines is 1. The normalized spacial score (nSPS) is 13.2. The van der Waals surface area contributed by atoms with E-state index in [2.05, 4.69) is 10.5 Å². The molecule has 1 aromatic carbocycles. The summed E-state index contributed by atoms with van der Waals surface area (Å²) in [6.07, 6.45) is -1.31. The van der Waals surface area contributed by atoms with E-state index in [1.807, 2.05) is 0 Å². The van der Waals surface area contributed by atoms with Crippen LogP contribution in [-0.2, 0) is 0 Å². The number of nitrogens with zero attached hydrogens (tertiary/aromatic N) is 2. The Morgan fingerprint density at radius 1 is 1.44 bits per heavy atom. The van der Waals surface area contributed by atoms with Gasteiger partial charge in [0.2, 0.25) is 0 Å². The van der Waals surface area contributed by atoms with Crippen molar-refractivity contribution in [3.05, 3.63) is 34.4 Å². The summed E-state index contributed by atoms with van der Waals surface area (Å²) in [5, 5.41) is 41.2. The molecule has 0 aliphatic heterocycles. The molecule has 4 N–H and O–H groups in total. The molecule has 1 rings (SSSR count). The van der Waals surface area contributed by atoms with Gasteiger partial charge in [-0.2, -0.15) is 5.10 Å². The summed E-state index contributed by atoms with van der Waals surface area (Å²) in [6, 6.07) is 5.80. The minimum Gasteiger partial charge on any atom is -0.393 e. The molecule has 18 heavy (non-hydrogen) atoms. The van der Waals surface area contributed by atoms with Crippen LogP contribution >= 0.6 is 0 Å². The van der Waals surface area contributed by atoms with E-state index >= 15 is 0 Å². The minimum atomic E-state index is -1.31. The van der Waals surface area contributed by atoms with Crippen molar-refractivity contribution in [2.45, 2.75) is 6.10 Å². The standard InChI is InChI=1S/C10H13N3O5/c14-5-8(10(16)6-15)12-11-7-3-1-2-4-9(7)13(17)18/h1-4,10-11,14-16H,5-6H2. The molecule has 1 atom stereocenters. The van der Waals surface area contributed by atoms with Gasteiger partial charge in [-0.25, -0.2) is 0 Å². The summed E-state index contributed by atoms with van der Waals surface area (Å²) < 4.78 is 0. The van der Waals surface area contributed by atoms with E-state index in [9.17, 15) is 15.2 Å². The van der Waals surface area contributed by atoms with Gasteiger partial charge in [0.15, 0.2) is 0 Å². The summed E-state index contributed by atoms with van der Waals surface area (Å²) in [5.74, 6) is 0. The van der Waals surface area contributed by atoms with Crippen molar-refractivity contribution in [2.75, 3.05) is 18.6 Å². The lowest BCUT2D eigenvalue weighted by molar-refractivity contribution is -0.384. The molecular formula is C10H13N3O5. The third-order valence-electron chi connectivity index (χ3n) is 2.14. The largest absolute Gasteiger partial charge is 0.393 e. The Bertz CT molecular complexity index is 449. The minimum absolute atomic E-state index is 0.115. The number of hydrazone groups is 1. The summed E-state index contributed by atoms with van der Waals surface area (Å²) >= 11 is 0. The van der Waals surface area contributed by atoms with E-state index in [0.29, 0.717) is 0 Å². The molecule has 0 fully saturated rings. The summed E-state index contributed by atoms with van der Waals surface area (Å²) in [4.78, 5) is 10.1. The topological polar surface area (TPSA) is 128 Å². The number of aliphatic hydroxyl groups excluding tert-OH is 3. The van der Waals surface area contributed by atoms with Gasteiger partial charge in [0.25, 0.3) is 5.69 Å². The van der Waals surface area contributed by atoms with Crippen molar-refractivity contribution in [2.24, 2.45) is 5.10 Å².